The molecule has 2 nitrogen and oxygen atoms in total. The van der Waals surface area contributed by atoms with E-state index in [2.05, 4.69) is 28.9 Å². The second-order valence-electron chi connectivity index (χ2n) is 5.46. The molecule has 3 heteroatoms. The number of hydrogen-bond donors (Lipinski definition) is 1. The van der Waals surface area contributed by atoms with Crippen LogP contribution >= 0.6 is 11.8 Å². The zero-order chi connectivity index (χ0) is 11.9. The highest BCUT2D eigenvalue weighted by atomic mass is 32.2. The number of hydrogen-bond acceptors (Lipinski definition) is 3. The van der Waals surface area contributed by atoms with E-state index in [4.69, 9.17) is 0 Å². The lowest BCUT2D eigenvalue weighted by atomic mass is 9.83. The van der Waals surface area contributed by atoms with E-state index >= 15 is 0 Å². The highest BCUT2D eigenvalue weighted by Crippen LogP contribution is 2.27. The van der Waals surface area contributed by atoms with Crippen LogP contribution in [0.15, 0.2) is 0 Å². The Hall–Kier alpha value is 0.270. The fraction of sp³-hybridized carbons (Fsp3) is 1.00. The van der Waals surface area contributed by atoms with Crippen LogP contribution in [-0.4, -0.2) is 48.6 Å². The van der Waals surface area contributed by atoms with Crippen molar-refractivity contribution >= 4 is 11.8 Å². The lowest BCUT2D eigenvalue weighted by molar-refractivity contribution is 0.152. The van der Waals surface area contributed by atoms with Crippen LogP contribution in [0.2, 0.25) is 0 Å². The third-order valence-electron chi connectivity index (χ3n) is 4.26. The largest absolute Gasteiger partial charge is 0.311 e. The first kappa shape index (κ1) is 13.7. The number of rotatable bonds is 5. The monoisotopic (exact) mass is 256 g/mol. The molecule has 0 radical (unpaired) electrons. The summed E-state index contributed by atoms with van der Waals surface area (Å²) in [7, 11) is 0. The van der Waals surface area contributed by atoms with Gasteiger partial charge in [-0.2, -0.15) is 11.8 Å². The maximum Gasteiger partial charge on any atom is 0.0223 e. The lowest BCUT2D eigenvalue weighted by Crippen LogP contribution is -2.54. The van der Waals surface area contributed by atoms with Gasteiger partial charge >= 0.3 is 0 Å². The topological polar surface area (TPSA) is 15.3 Å². The minimum Gasteiger partial charge on any atom is -0.311 e. The van der Waals surface area contributed by atoms with E-state index in [1.54, 1.807) is 0 Å². The second-order valence-corrected chi connectivity index (χ2v) is 6.85. The average Bonchev–Trinajstić information content (AvgIpc) is 2.41. The van der Waals surface area contributed by atoms with Crippen LogP contribution in [-0.2, 0) is 0 Å². The molecule has 1 heterocycles. The molecule has 1 atom stereocenters. The molecule has 0 aromatic rings. The molecule has 1 unspecified atom stereocenters. The van der Waals surface area contributed by atoms with Crippen LogP contribution in [0.3, 0.4) is 0 Å². The van der Waals surface area contributed by atoms with Gasteiger partial charge in [-0.05, 0) is 24.5 Å². The van der Waals surface area contributed by atoms with Crippen molar-refractivity contribution in [1.82, 2.24) is 10.2 Å². The second kappa shape index (κ2) is 7.65. The van der Waals surface area contributed by atoms with Crippen LogP contribution in [0.1, 0.15) is 39.0 Å². The van der Waals surface area contributed by atoms with Crippen molar-refractivity contribution in [1.29, 1.82) is 0 Å². The predicted molar refractivity (Wildman–Crippen MR) is 77.8 cm³/mol. The zero-order valence-electron chi connectivity index (χ0n) is 11.3. The van der Waals surface area contributed by atoms with Gasteiger partial charge in [-0.3, -0.25) is 4.90 Å². The zero-order valence-corrected chi connectivity index (χ0v) is 12.1. The van der Waals surface area contributed by atoms with E-state index in [1.807, 2.05) is 0 Å². The molecule has 1 N–H and O–H groups in total. The predicted octanol–water partition coefficient (Wildman–Crippen LogP) is 2.59. The Morgan fingerprint density at radius 1 is 1.24 bits per heavy atom. The minimum absolute atomic E-state index is 0.788. The van der Waals surface area contributed by atoms with Gasteiger partial charge in [0.15, 0.2) is 0 Å². The number of nitrogens with zero attached hydrogens (tertiary/aromatic N) is 1. The molecule has 2 fully saturated rings. The van der Waals surface area contributed by atoms with E-state index in [0.717, 1.165) is 12.0 Å². The van der Waals surface area contributed by atoms with Gasteiger partial charge in [-0.25, -0.2) is 0 Å². The average molecular weight is 256 g/mol. The van der Waals surface area contributed by atoms with Crippen molar-refractivity contribution in [3.63, 3.8) is 0 Å². The van der Waals surface area contributed by atoms with Gasteiger partial charge in [-0.1, -0.05) is 26.2 Å². The molecule has 100 valence electrons. The van der Waals surface area contributed by atoms with E-state index in [0.29, 0.717) is 0 Å². The van der Waals surface area contributed by atoms with Gasteiger partial charge in [-0.15, -0.1) is 0 Å². The summed E-state index contributed by atoms with van der Waals surface area (Å²) in [6, 6.07) is 0.788. The van der Waals surface area contributed by atoms with Crippen LogP contribution in [0.5, 0.6) is 0 Å². The van der Waals surface area contributed by atoms with Crippen LogP contribution < -0.4 is 5.32 Å². The van der Waals surface area contributed by atoms with Gasteiger partial charge < -0.3 is 5.32 Å². The van der Waals surface area contributed by atoms with Crippen LogP contribution in [0.25, 0.3) is 0 Å². The van der Waals surface area contributed by atoms with Crippen LogP contribution in [0.4, 0.5) is 0 Å². The third kappa shape index (κ3) is 4.46. The summed E-state index contributed by atoms with van der Waals surface area (Å²) >= 11 is 2.08. The lowest BCUT2D eigenvalue weighted by Gasteiger charge is -2.39. The molecule has 0 amide bonds. The molecular weight excluding hydrogens is 228 g/mol. The quantitative estimate of drug-likeness (QED) is 0.761. The summed E-state index contributed by atoms with van der Waals surface area (Å²) in [6.07, 6.45) is 7.34. The molecule has 0 aromatic carbocycles. The van der Waals surface area contributed by atoms with E-state index in [-0.39, 0.29) is 0 Å². The molecule has 2 aliphatic rings. The summed E-state index contributed by atoms with van der Waals surface area (Å²) < 4.78 is 0. The van der Waals surface area contributed by atoms with Crippen molar-refractivity contribution in [2.24, 2.45) is 5.92 Å². The highest BCUT2D eigenvalue weighted by Gasteiger charge is 2.27. The molecule has 1 saturated heterocycles. The smallest absolute Gasteiger partial charge is 0.0223 e. The molecule has 0 aromatic heterocycles. The molecule has 17 heavy (non-hydrogen) atoms. The Labute approximate surface area is 111 Å². The van der Waals surface area contributed by atoms with Crippen molar-refractivity contribution < 1.29 is 0 Å². The Kier molecular flexibility index (Phi) is 6.16. The van der Waals surface area contributed by atoms with Gasteiger partial charge in [0.25, 0.3) is 0 Å². The fourth-order valence-electron chi connectivity index (χ4n) is 3.24. The van der Waals surface area contributed by atoms with Crippen molar-refractivity contribution in [2.75, 3.05) is 37.7 Å². The highest BCUT2D eigenvalue weighted by molar-refractivity contribution is 7.99. The van der Waals surface area contributed by atoms with Crippen LogP contribution in [0, 0.1) is 5.92 Å². The summed E-state index contributed by atoms with van der Waals surface area (Å²) in [6.45, 7) is 7.32. The summed E-state index contributed by atoms with van der Waals surface area (Å²) in [4.78, 5) is 2.68. The molecular formula is C14H28N2S. The standard InChI is InChI=1S/C14H28N2S/c1-2-17-11-10-16-9-8-15-14(12-16)13-6-4-3-5-7-13/h13-15H,2-12H2,1H3. The molecule has 1 aliphatic carbocycles. The number of thioether (sulfide) groups is 1. The first-order chi connectivity index (χ1) is 8.40. The van der Waals surface area contributed by atoms with Crippen molar-refractivity contribution in [3.8, 4) is 0 Å². The number of piperazine rings is 1. The van der Waals surface area contributed by atoms with Gasteiger partial charge in [0.1, 0.15) is 0 Å². The Morgan fingerprint density at radius 2 is 2.06 bits per heavy atom. The molecule has 1 aliphatic heterocycles. The van der Waals surface area contributed by atoms with Crippen molar-refractivity contribution in [2.45, 2.75) is 45.1 Å². The molecule has 1 saturated carbocycles. The minimum atomic E-state index is 0.788. The summed E-state index contributed by atoms with van der Waals surface area (Å²) in [5, 5.41) is 3.76. The maximum absolute atomic E-state index is 3.76. The van der Waals surface area contributed by atoms with Gasteiger partial charge in [0, 0.05) is 38.0 Å². The first-order valence-corrected chi connectivity index (χ1v) is 8.59. The molecule has 0 bridgehead atoms. The Morgan fingerprint density at radius 3 is 2.82 bits per heavy atom. The van der Waals surface area contributed by atoms with Gasteiger partial charge in [0.2, 0.25) is 0 Å². The van der Waals surface area contributed by atoms with Gasteiger partial charge in [0.05, 0.1) is 0 Å². The normalized spacial score (nSPS) is 28.4. The SMILES string of the molecule is CCSCCN1CCNC(C2CCCCC2)C1. The Balaban J connectivity index is 1.71. The van der Waals surface area contributed by atoms with E-state index < -0.39 is 0 Å². The third-order valence-corrected chi connectivity index (χ3v) is 5.14. The fourth-order valence-corrected chi connectivity index (χ4v) is 3.91. The summed E-state index contributed by atoms with van der Waals surface area (Å²) in [5.41, 5.74) is 0. The number of nitrogens with one attached hydrogen (secondary N) is 1. The molecule has 0 spiro atoms. The van der Waals surface area contributed by atoms with E-state index in [9.17, 15) is 0 Å². The first-order valence-electron chi connectivity index (χ1n) is 7.43. The van der Waals surface area contributed by atoms with Crippen molar-refractivity contribution in [3.05, 3.63) is 0 Å². The Bertz CT molecular complexity index is 204. The summed E-state index contributed by atoms with van der Waals surface area (Å²) in [5.74, 6) is 3.54. The van der Waals surface area contributed by atoms with E-state index in [1.165, 1.54) is 69.8 Å². The molecule has 2 rings (SSSR count). The maximum atomic E-state index is 3.76.